The molecule has 0 unspecified atom stereocenters. The van der Waals surface area contributed by atoms with E-state index in [9.17, 15) is 9.18 Å². The normalized spacial score (nSPS) is 10.5. The average molecular weight is 356 g/mol. The lowest BCUT2D eigenvalue weighted by Gasteiger charge is -2.05. The van der Waals surface area contributed by atoms with Crippen LogP contribution in [0.2, 0.25) is 0 Å². The lowest BCUT2D eigenvalue weighted by molar-refractivity contribution is -0.116. The quantitative estimate of drug-likeness (QED) is 0.706. The highest BCUT2D eigenvalue weighted by Gasteiger charge is 2.10. The molecule has 1 N–H and O–H groups in total. The van der Waals surface area contributed by atoms with Crippen LogP contribution in [0.1, 0.15) is 12.1 Å². The number of rotatable bonds is 6. The van der Waals surface area contributed by atoms with Gasteiger partial charge in [-0.1, -0.05) is 24.3 Å². The fourth-order valence-corrected chi connectivity index (χ4v) is 3.18. The van der Waals surface area contributed by atoms with Gasteiger partial charge in [0.05, 0.1) is 18.5 Å². The summed E-state index contributed by atoms with van der Waals surface area (Å²) in [6, 6.07) is 13.8. The number of para-hydroxylation sites is 1. The molecule has 3 aromatic rings. The van der Waals surface area contributed by atoms with Crippen molar-refractivity contribution < 1.29 is 13.9 Å². The molecule has 1 heterocycles. The summed E-state index contributed by atoms with van der Waals surface area (Å²) in [4.78, 5) is 16.5. The van der Waals surface area contributed by atoms with Gasteiger partial charge in [0, 0.05) is 17.4 Å². The van der Waals surface area contributed by atoms with E-state index in [0.717, 1.165) is 22.0 Å². The summed E-state index contributed by atoms with van der Waals surface area (Å²) < 4.78 is 18.8. The molecule has 1 amide bonds. The molecule has 3 rings (SSSR count). The van der Waals surface area contributed by atoms with Gasteiger partial charge >= 0.3 is 0 Å². The van der Waals surface area contributed by atoms with Crippen LogP contribution < -0.4 is 10.1 Å². The maximum Gasteiger partial charge on any atom is 0.224 e. The van der Waals surface area contributed by atoms with Crippen molar-refractivity contribution in [1.82, 2.24) is 4.98 Å². The monoisotopic (exact) mass is 356 g/mol. The van der Waals surface area contributed by atoms with Crippen LogP contribution in [0.5, 0.6) is 5.75 Å². The molecule has 0 radical (unpaired) electrons. The zero-order valence-corrected chi connectivity index (χ0v) is 14.5. The van der Waals surface area contributed by atoms with Crippen LogP contribution in [0.4, 0.5) is 10.1 Å². The van der Waals surface area contributed by atoms with E-state index in [0.29, 0.717) is 6.42 Å². The van der Waals surface area contributed by atoms with Gasteiger partial charge in [0.2, 0.25) is 5.91 Å². The average Bonchev–Trinajstić information content (AvgIpc) is 3.11. The molecule has 0 spiro atoms. The smallest absolute Gasteiger partial charge is 0.224 e. The molecule has 0 fully saturated rings. The van der Waals surface area contributed by atoms with E-state index in [1.807, 2.05) is 29.6 Å². The number of nitrogens with zero attached hydrogens (tertiary/aromatic N) is 1. The second kappa shape index (κ2) is 7.90. The van der Waals surface area contributed by atoms with Gasteiger partial charge in [0.1, 0.15) is 16.6 Å². The van der Waals surface area contributed by atoms with Crippen molar-refractivity contribution in [3.8, 4) is 16.3 Å². The van der Waals surface area contributed by atoms with E-state index in [2.05, 4.69) is 10.3 Å². The number of hydrogen-bond acceptors (Lipinski definition) is 4. The van der Waals surface area contributed by atoms with E-state index in [4.69, 9.17) is 4.74 Å². The first-order valence-corrected chi connectivity index (χ1v) is 8.67. The molecule has 6 heteroatoms. The minimum atomic E-state index is -0.440. The maximum absolute atomic E-state index is 13.5. The summed E-state index contributed by atoms with van der Waals surface area (Å²) in [5.74, 6) is 0.101. The van der Waals surface area contributed by atoms with Crippen molar-refractivity contribution in [2.45, 2.75) is 12.8 Å². The third-order valence-electron chi connectivity index (χ3n) is 3.62. The van der Waals surface area contributed by atoms with E-state index < -0.39 is 5.82 Å². The molecule has 2 aromatic carbocycles. The Bertz CT molecular complexity index is 879. The topological polar surface area (TPSA) is 51.2 Å². The Hall–Kier alpha value is -2.73. The zero-order valence-electron chi connectivity index (χ0n) is 13.7. The summed E-state index contributed by atoms with van der Waals surface area (Å²) >= 11 is 1.52. The van der Waals surface area contributed by atoms with E-state index in [-0.39, 0.29) is 18.0 Å². The van der Waals surface area contributed by atoms with Crippen LogP contribution in [-0.2, 0) is 11.2 Å². The number of anilines is 1. The third kappa shape index (κ3) is 4.42. The fourth-order valence-electron chi connectivity index (χ4n) is 2.33. The Morgan fingerprint density at radius 2 is 2.08 bits per heavy atom. The Kier molecular flexibility index (Phi) is 5.40. The first kappa shape index (κ1) is 17.1. The fraction of sp³-hybridized carbons (Fsp3) is 0.158. The molecule has 0 atom stereocenters. The molecule has 0 aliphatic heterocycles. The first-order chi connectivity index (χ1) is 12.2. The number of carbonyl (C=O) groups is 1. The molecule has 4 nitrogen and oxygen atoms in total. The minimum Gasteiger partial charge on any atom is -0.497 e. The molecule has 0 saturated heterocycles. The van der Waals surface area contributed by atoms with Crippen molar-refractivity contribution in [3.05, 3.63) is 65.4 Å². The number of ether oxygens (including phenoxy) is 1. The van der Waals surface area contributed by atoms with Crippen molar-refractivity contribution in [3.63, 3.8) is 0 Å². The summed E-state index contributed by atoms with van der Waals surface area (Å²) in [6.45, 7) is 0. The van der Waals surface area contributed by atoms with Crippen molar-refractivity contribution >= 4 is 22.9 Å². The lowest BCUT2D eigenvalue weighted by atomic mass is 10.2. The number of amides is 1. The first-order valence-electron chi connectivity index (χ1n) is 7.79. The van der Waals surface area contributed by atoms with E-state index in [1.54, 1.807) is 19.2 Å². The standard InChI is InChI=1S/C19H17FN2O2S/c1-24-15-6-4-5-13(11-15)19-21-14(12-25-19)9-10-18(23)22-17-8-3-2-7-16(17)20/h2-8,11-12H,9-10H2,1H3,(H,22,23). The SMILES string of the molecule is COc1cccc(-c2nc(CCC(=O)Nc3ccccc3F)cs2)c1. The summed E-state index contributed by atoms with van der Waals surface area (Å²) in [7, 11) is 1.63. The highest BCUT2D eigenvalue weighted by molar-refractivity contribution is 7.13. The minimum absolute atomic E-state index is 0.197. The number of hydrogen-bond donors (Lipinski definition) is 1. The molecule has 128 valence electrons. The largest absolute Gasteiger partial charge is 0.497 e. The molecule has 0 aliphatic rings. The van der Waals surface area contributed by atoms with Crippen molar-refractivity contribution in [2.24, 2.45) is 0 Å². The number of benzene rings is 2. The molecule has 0 saturated carbocycles. The van der Waals surface area contributed by atoms with E-state index >= 15 is 0 Å². The van der Waals surface area contributed by atoms with Gasteiger partial charge in [0.15, 0.2) is 0 Å². The van der Waals surface area contributed by atoms with Crippen LogP contribution in [0, 0.1) is 5.82 Å². The van der Waals surface area contributed by atoms with Crippen LogP contribution in [0.15, 0.2) is 53.9 Å². The van der Waals surface area contributed by atoms with Crippen LogP contribution in [-0.4, -0.2) is 18.0 Å². The van der Waals surface area contributed by atoms with Gasteiger partial charge in [-0.2, -0.15) is 0 Å². The predicted molar refractivity (Wildman–Crippen MR) is 97.5 cm³/mol. The lowest BCUT2D eigenvalue weighted by Crippen LogP contribution is -2.13. The number of aryl methyl sites for hydroxylation is 1. The highest BCUT2D eigenvalue weighted by atomic mass is 32.1. The molecule has 25 heavy (non-hydrogen) atoms. The number of methoxy groups -OCH3 is 1. The molecule has 0 aliphatic carbocycles. The third-order valence-corrected chi connectivity index (χ3v) is 4.56. The summed E-state index contributed by atoms with van der Waals surface area (Å²) in [5, 5.41) is 5.39. The summed E-state index contributed by atoms with van der Waals surface area (Å²) in [6.07, 6.45) is 0.746. The number of aromatic nitrogens is 1. The highest BCUT2D eigenvalue weighted by Crippen LogP contribution is 2.27. The van der Waals surface area contributed by atoms with E-state index in [1.165, 1.54) is 23.5 Å². The molecule has 0 bridgehead atoms. The molecular weight excluding hydrogens is 339 g/mol. The van der Waals surface area contributed by atoms with Crippen molar-refractivity contribution in [1.29, 1.82) is 0 Å². The number of thiazole rings is 1. The van der Waals surface area contributed by atoms with Crippen molar-refractivity contribution in [2.75, 3.05) is 12.4 Å². The summed E-state index contributed by atoms with van der Waals surface area (Å²) in [5.41, 5.74) is 2.01. The maximum atomic E-state index is 13.5. The van der Waals surface area contributed by atoms with Crippen LogP contribution in [0.3, 0.4) is 0 Å². The van der Waals surface area contributed by atoms with Gasteiger partial charge in [-0.15, -0.1) is 11.3 Å². The van der Waals surface area contributed by atoms with Crippen LogP contribution in [0.25, 0.3) is 10.6 Å². The Balaban J connectivity index is 1.60. The zero-order chi connectivity index (χ0) is 17.6. The van der Waals surface area contributed by atoms with Crippen LogP contribution >= 0.6 is 11.3 Å². The van der Waals surface area contributed by atoms with Gasteiger partial charge < -0.3 is 10.1 Å². The Morgan fingerprint density at radius 3 is 2.88 bits per heavy atom. The Morgan fingerprint density at radius 1 is 1.24 bits per heavy atom. The van der Waals surface area contributed by atoms with Gasteiger partial charge in [-0.25, -0.2) is 9.37 Å². The predicted octanol–water partition coefficient (Wildman–Crippen LogP) is 4.53. The van der Waals surface area contributed by atoms with Gasteiger partial charge in [-0.3, -0.25) is 4.79 Å². The van der Waals surface area contributed by atoms with Gasteiger partial charge in [-0.05, 0) is 30.7 Å². The number of carbonyl (C=O) groups excluding carboxylic acids is 1. The second-order valence-corrected chi connectivity index (χ2v) is 6.26. The van der Waals surface area contributed by atoms with Gasteiger partial charge in [0.25, 0.3) is 0 Å². The Labute approximate surface area is 149 Å². The second-order valence-electron chi connectivity index (χ2n) is 5.40. The molecule has 1 aromatic heterocycles. The number of nitrogens with one attached hydrogen (secondary N) is 1. The number of halogens is 1. The molecular formula is C19H17FN2O2S.